The van der Waals surface area contributed by atoms with Gasteiger partial charge in [0, 0.05) is 43.2 Å². The molecular formula is C26H36N6O3S. The van der Waals surface area contributed by atoms with Gasteiger partial charge in [0.15, 0.2) is 5.82 Å². The zero-order valence-electron chi connectivity index (χ0n) is 21.9. The molecule has 1 saturated carbocycles. The Kier molecular flexibility index (Phi) is 7.19. The number of carbonyl (C=O) groups is 2. The van der Waals surface area contributed by atoms with Gasteiger partial charge in [0.1, 0.15) is 4.88 Å². The van der Waals surface area contributed by atoms with Crippen LogP contribution < -0.4 is 0 Å². The Bertz CT molecular complexity index is 1150. The summed E-state index contributed by atoms with van der Waals surface area (Å²) in [6.07, 6.45) is 6.06. The maximum absolute atomic E-state index is 13.1. The van der Waals surface area contributed by atoms with Crippen LogP contribution in [0, 0.1) is 22.2 Å². The summed E-state index contributed by atoms with van der Waals surface area (Å²) in [6, 6.07) is 0. The van der Waals surface area contributed by atoms with Gasteiger partial charge in [-0.15, -0.1) is 11.3 Å². The summed E-state index contributed by atoms with van der Waals surface area (Å²) in [5, 5.41) is 12.5. The first-order valence-corrected chi connectivity index (χ1v) is 13.5. The second-order valence-corrected chi connectivity index (χ2v) is 11.5. The molecule has 194 valence electrons. The Balaban J connectivity index is 0.00000148. The molecular weight excluding hydrogens is 476 g/mol. The van der Waals surface area contributed by atoms with E-state index < -0.39 is 0 Å². The third-order valence-corrected chi connectivity index (χ3v) is 8.43. The zero-order valence-corrected chi connectivity index (χ0v) is 22.8. The van der Waals surface area contributed by atoms with Gasteiger partial charge in [0.2, 0.25) is 11.8 Å². The lowest BCUT2D eigenvalue weighted by Crippen LogP contribution is -2.62. The molecule has 3 fully saturated rings. The second-order valence-electron chi connectivity index (χ2n) is 10.6. The average Bonchev–Trinajstić information content (AvgIpc) is 3.38. The van der Waals surface area contributed by atoms with Crippen LogP contribution in [0.1, 0.15) is 81.2 Å². The summed E-state index contributed by atoms with van der Waals surface area (Å²) >= 11 is 1.33. The van der Waals surface area contributed by atoms with E-state index in [0.717, 1.165) is 6.42 Å². The van der Waals surface area contributed by atoms with Crippen molar-refractivity contribution in [1.29, 1.82) is 5.41 Å². The van der Waals surface area contributed by atoms with E-state index in [9.17, 15) is 9.59 Å². The van der Waals surface area contributed by atoms with Crippen molar-refractivity contribution in [3.05, 3.63) is 40.5 Å². The van der Waals surface area contributed by atoms with E-state index in [-0.39, 0.29) is 40.4 Å². The number of nitrogens with zero attached hydrogens (tertiary/aromatic N) is 5. The lowest BCUT2D eigenvalue weighted by Gasteiger charge is -2.50. The first kappa shape index (κ1) is 26.2. The number of aromatic nitrogens is 3. The van der Waals surface area contributed by atoms with Crippen molar-refractivity contribution in [2.24, 2.45) is 16.7 Å². The minimum atomic E-state index is -0.318. The molecule has 2 aromatic heterocycles. The topological polar surface area (TPSA) is 116 Å². The fourth-order valence-corrected chi connectivity index (χ4v) is 5.86. The average molecular weight is 513 g/mol. The van der Waals surface area contributed by atoms with E-state index in [2.05, 4.69) is 29.0 Å². The number of nitrogens with one attached hydrogen (secondary N) is 1. The highest BCUT2D eigenvalue weighted by atomic mass is 32.1. The third-order valence-electron chi connectivity index (χ3n) is 7.67. The van der Waals surface area contributed by atoms with Crippen molar-refractivity contribution in [2.75, 3.05) is 26.2 Å². The summed E-state index contributed by atoms with van der Waals surface area (Å²) in [6.45, 7) is 14.2. The van der Waals surface area contributed by atoms with E-state index in [1.807, 2.05) is 43.6 Å². The minimum absolute atomic E-state index is 0.0515. The second kappa shape index (κ2) is 9.88. The van der Waals surface area contributed by atoms with Crippen LogP contribution in [-0.2, 0) is 4.79 Å². The molecule has 1 N–H and O–H groups in total. The largest absolute Gasteiger partial charge is 0.341 e. The van der Waals surface area contributed by atoms with Gasteiger partial charge in [-0.3, -0.25) is 14.6 Å². The molecule has 2 saturated heterocycles. The molecule has 2 aromatic rings. The van der Waals surface area contributed by atoms with Gasteiger partial charge in [0.05, 0.1) is 23.5 Å². The van der Waals surface area contributed by atoms with Gasteiger partial charge in [-0.1, -0.05) is 38.9 Å². The maximum Gasteiger partial charge on any atom is 0.265 e. The van der Waals surface area contributed by atoms with Gasteiger partial charge in [-0.25, -0.2) is 0 Å². The minimum Gasteiger partial charge on any atom is -0.341 e. The van der Waals surface area contributed by atoms with Crippen molar-refractivity contribution in [3.8, 4) is 0 Å². The van der Waals surface area contributed by atoms with Crippen molar-refractivity contribution in [3.63, 3.8) is 0 Å². The van der Waals surface area contributed by atoms with Gasteiger partial charge < -0.3 is 19.7 Å². The SMILES string of the molecule is C/C=C\C(=N)C(C)c1nc(C2CN(C(=O)c3cncs3)CC23CN(C(=O)[C@H]2CC2(C)C)C3)no1.CC. The molecule has 9 nitrogen and oxygen atoms in total. The van der Waals surface area contributed by atoms with Crippen LogP contribution in [0.15, 0.2) is 28.4 Å². The molecule has 0 radical (unpaired) electrons. The summed E-state index contributed by atoms with van der Waals surface area (Å²) in [5.41, 5.74) is 1.84. The summed E-state index contributed by atoms with van der Waals surface area (Å²) in [5.74, 6) is 0.742. The molecule has 1 spiro atoms. The number of hydrogen-bond acceptors (Lipinski definition) is 8. The van der Waals surface area contributed by atoms with E-state index in [1.54, 1.807) is 17.8 Å². The quantitative estimate of drug-likeness (QED) is 0.575. The molecule has 2 amide bonds. The van der Waals surface area contributed by atoms with Crippen LogP contribution in [0.25, 0.3) is 0 Å². The van der Waals surface area contributed by atoms with E-state index in [0.29, 0.717) is 48.5 Å². The Morgan fingerprint density at radius 1 is 1.25 bits per heavy atom. The lowest BCUT2D eigenvalue weighted by atomic mass is 9.71. The van der Waals surface area contributed by atoms with E-state index in [4.69, 9.17) is 9.93 Å². The fourth-order valence-electron chi connectivity index (χ4n) is 5.28. The van der Waals surface area contributed by atoms with Crippen LogP contribution in [0.2, 0.25) is 0 Å². The molecule has 2 aliphatic heterocycles. The van der Waals surface area contributed by atoms with Crippen LogP contribution in [0.4, 0.5) is 0 Å². The Hall–Kier alpha value is -2.88. The van der Waals surface area contributed by atoms with Gasteiger partial charge in [0.25, 0.3) is 5.91 Å². The van der Waals surface area contributed by atoms with Crippen molar-refractivity contribution in [2.45, 2.75) is 59.8 Å². The first-order chi connectivity index (χ1) is 17.1. The smallest absolute Gasteiger partial charge is 0.265 e. The lowest BCUT2D eigenvalue weighted by molar-refractivity contribution is -0.145. The van der Waals surface area contributed by atoms with Gasteiger partial charge in [-0.2, -0.15) is 4.98 Å². The van der Waals surface area contributed by atoms with Crippen LogP contribution >= 0.6 is 11.3 Å². The molecule has 0 aromatic carbocycles. The highest BCUT2D eigenvalue weighted by Gasteiger charge is 2.61. The Labute approximate surface area is 216 Å². The van der Waals surface area contributed by atoms with E-state index >= 15 is 0 Å². The summed E-state index contributed by atoms with van der Waals surface area (Å²) in [4.78, 5) is 39.2. The molecule has 4 heterocycles. The standard InChI is InChI=1S/C24H30N6O3S.C2H6/c1-5-6-17(25)14(2)20-27-19(28-33-20)16-9-29(22(32)18-8-26-13-34-18)10-24(16)11-30(12-24)21(31)15-7-23(15,3)4;1-2/h5-6,8,13-16,25H,7,9-12H2,1-4H3;1-2H3/b6-5-,25-17?;/t14?,15-,16?;/m1./s1. The van der Waals surface area contributed by atoms with Gasteiger partial charge >= 0.3 is 0 Å². The van der Waals surface area contributed by atoms with Crippen molar-refractivity contribution >= 4 is 28.9 Å². The summed E-state index contributed by atoms with van der Waals surface area (Å²) < 4.78 is 5.56. The first-order valence-electron chi connectivity index (χ1n) is 12.7. The predicted molar refractivity (Wildman–Crippen MR) is 138 cm³/mol. The molecule has 36 heavy (non-hydrogen) atoms. The molecule has 5 rings (SSSR count). The van der Waals surface area contributed by atoms with Crippen LogP contribution in [0.5, 0.6) is 0 Å². The molecule has 1 aliphatic carbocycles. The normalized spacial score (nSPS) is 24.3. The molecule has 3 atom stereocenters. The summed E-state index contributed by atoms with van der Waals surface area (Å²) in [7, 11) is 0. The van der Waals surface area contributed by atoms with Crippen molar-refractivity contribution in [1.82, 2.24) is 24.9 Å². The number of allylic oxidation sites excluding steroid dienone is 2. The zero-order chi connectivity index (χ0) is 26.3. The number of hydrogen-bond donors (Lipinski definition) is 1. The number of carbonyl (C=O) groups excluding carboxylic acids is 2. The number of amides is 2. The molecule has 10 heteroatoms. The Morgan fingerprint density at radius 2 is 1.92 bits per heavy atom. The molecule has 3 aliphatic rings. The number of likely N-dealkylation sites (tertiary alicyclic amines) is 2. The predicted octanol–water partition coefficient (Wildman–Crippen LogP) is 4.37. The van der Waals surface area contributed by atoms with Gasteiger partial charge in [-0.05, 0) is 31.8 Å². The molecule has 0 bridgehead atoms. The molecule has 2 unspecified atom stereocenters. The monoisotopic (exact) mass is 512 g/mol. The van der Waals surface area contributed by atoms with Crippen LogP contribution in [0.3, 0.4) is 0 Å². The van der Waals surface area contributed by atoms with E-state index in [1.165, 1.54) is 11.3 Å². The Morgan fingerprint density at radius 3 is 2.50 bits per heavy atom. The fraction of sp³-hybridized carbons (Fsp3) is 0.615. The van der Waals surface area contributed by atoms with Crippen LogP contribution in [-0.4, -0.2) is 68.6 Å². The highest BCUT2D eigenvalue weighted by Crippen LogP contribution is 2.55. The number of rotatable bonds is 6. The highest BCUT2D eigenvalue weighted by molar-refractivity contribution is 7.11. The number of thiazole rings is 1. The maximum atomic E-state index is 13.1. The van der Waals surface area contributed by atoms with Crippen molar-refractivity contribution < 1.29 is 14.1 Å². The third kappa shape index (κ3) is 4.63.